The van der Waals surface area contributed by atoms with E-state index < -0.39 is 0 Å². The summed E-state index contributed by atoms with van der Waals surface area (Å²) in [6, 6.07) is 6.26. The smallest absolute Gasteiger partial charge is 0.251 e. The number of ether oxygens (including phenoxy) is 1. The predicted molar refractivity (Wildman–Crippen MR) is 118 cm³/mol. The summed E-state index contributed by atoms with van der Waals surface area (Å²) < 4.78 is 5.48. The third kappa shape index (κ3) is 5.25. The molecule has 2 heterocycles. The van der Waals surface area contributed by atoms with Crippen LogP contribution < -0.4 is 10.6 Å². The highest BCUT2D eigenvalue weighted by Gasteiger charge is 2.27. The van der Waals surface area contributed by atoms with Gasteiger partial charge in [-0.3, -0.25) is 4.79 Å². The molecule has 1 aliphatic carbocycles. The number of carbonyl (C=O) groups is 1. The van der Waals surface area contributed by atoms with Gasteiger partial charge in [-0.05, 0) is 86.5 Å². The minimum absolute atomic E-state index is 0.00709. The molecule has 30 heavy (non-hydrogen) atoms. The number of carbonyl (C=O) groups excluding carboxylic acids is 1. The number of nitrogens with one attached hydrogen (secondary N) is 2. The summed E-state index contributed by atoms with van der Waals surface area (Å²) in [4.78, 5) is 12.7. The number of aryl methyl sites for hydroxylation is 1. The molecular formula is C25H36N2O3. The Morgan fingerprint density at radius 3 is 2.80 bits per heavy atom. The first-order valence-corrected chi connectivity index (χ1v) is 11.7. The third-order valence-corrected chi connectivity index (χ3v) is 7.16. The van der Waals surface area contributed by atoms with Crippen LogP contribution in [0.5, 0.6) is 0 Å². The number of hydrogen-bond acceptors (Lipinski definition) is 4. The summed E-state index contributed by atoms with van der Waals surface area (Å²) in [7, 11) is 0. The van der Waals surface area contributed by atoms with Gasteiger partial charge in [0.25, 0.3) is 5.91 Å². The Bertz CT molecular complexity index is 762. The Balaban J connectivity index is 1.38. The fourth-order valence-electron chi connectivity index (χ4n) is 5.15. The summed E-state index contributed by atoms with van der Waals surface area (Å²) in [5.74, 6) is 1.16. The second-order valence-corrected chi connectivity index (χ2v) is 9.28. The molecular weight excluding hydrogens is 376 g/mol. The average Bonchev–Trinajstić information content (AvgIpc) is 2.75. The fourth-order valence-corrected chi connectivity index (χ4v) is 5.15. The number of rotatable bonds is 4. The van der Waals surface area contributed by atoms with Gasteiger partial charge >= 0.3 is 0 Å². The Morgan fingerprint density at radius 1 is 1.20 bits per heavy atom. The van der Waals surface area contributed by atoms with E-state index in [1.807, 2.05) is 6.07 Å². The van der Waals surface area contributed by atoms with Crippen molar-refractivity contribution >= 4 is 5.91 Å². The molecule has 1 unspecified atom stereocenters. The van der Waals surface area contributed by atoms with Gasteiger partial charge in [0.05, 0.1) is 18.8 Å². The molecule has 0 spiro atoms. The lowest BCUT2D eigenvalue weighted by atomic mass is 9.78. The van der Waals surface area contributed by atoms with Crippen LogP contribution in [0.15, 0.2) is 30.0 Å². The van der Waals surface area contributed by atoms with Gasteiger partial charge in [-0.25, -0.2) is 0 Å². The predicted octanol–water partition coefficient (Wildman–Crippen LogP) is 3.70. The second kappa shape index (κ2) is 9.97. The Hall–Kier alpha value is -1.85. The summed E-state index contributed by atoms with van der Waals surface area (Å²) in [6.07, 6.45) is 10.3. The normalized spacial score (nSPS) is 29.9. The van der Waals surface area contributed by atoms with Crippen LogP contribution in [0.25, 0.3) is 0 Å². The molecule has 4 rings (SSSR count). The molecule has 0 bridgehead atoms. The van der Waals surface area contributed by atoms with Crippen LogP contribution in [-0.2, 0) is 17.7 Å². The van der Waals surface area contributed by atoms with Crippen molar-refractivity contribution in [1.29, 1.82) is 0 Å². The summed E-state index contributed by atoms with van der Waals surface area (Å²) in [5, 5.41) is 16.6. The highest BCUT2D eigenvalue weighted by Crippen LogP contribution is 2.34. The number of amides is 1. The maximum absolute atomic E-state index is 12.7. The van der Waals surface area contributed by atoms with E-state index in [1.54, 1.807) is 0 Å². The minimum Gasteiger partial charge on any atom is -0.393 e. The molecule has 3 N–H and O–H groups in total. The number of aliphatic hydroxyl groups is 1. The Morgan fingerprint density at radius 2 is 2.03 bits per heavy atom. The molecule has 2 fully saturated rings. The molecule has 2 aliphatic heterocycles. The molecule has 5 heteroatoms. The maximum atomic E-state index is 12.7. The van der Waals surface area contributed by atoms with Gasteiger partial charge in [-0.2, -0.15) is 0 Å². The molecule has 2 atom stereocenters. The van der Waals surface area contributed by atoms with Gasteiger partial charge in [-0.15, -0.1) is 0 Å². The first kappa shape index (κ1) is 21.4. The van der Waals surface area contributed by atoms with Crippen LogP contribution in [0.4, 0.5) is 0 Å². The lowest BCUT2D eigenvalue weighted by Gasteiger charge is -2.32. The minimum atomic E-state index is -0.100. The van der Waals surface area contributed by atoms with Crippen molar-refractivity contribution in [2.24, 2.45) is 11.8 Å². The van der Waals surface area contributed by atoms with Crippen LogP contribution in [0.1, 0.15) is 73.4 Å². The first-order chi connectivity index (χ1) is 14.6. The maximum Gasteiger partial charge on any atom is 0.251 e. The van der Waals surface area contributed by atoms with Gasteiger partial charge in [0.15, 0.2) is 0 Å². The number of fused-ring (bicyclic) bond motifs is 1. The largest absolute Gasteiger partial charge is 0.393 e. The summed E-state index contributed by atoms with van der Waals surface area (Å²) >= 11 is 0. The van der Waals surface area contributed by atoms with Crippen molar-refractivity contribution in [1.82, 2.24) is 10.6 Å². The van der Waals surface area contributed by atoms with E-state index in [1.165, 1.54) is 16.8 Å². The van der Waals surface area contributed by atoms with E-state index >= 15 is 0 Å². The zero-order chi connectivity index (χ0) is 20.9. The fraction of sp³-hybridized carbons (Fsp3) is 0.640. The van der Waals surface area contributed by atoms with Gasteiger partial charge in [-0.1, -0.05) is 19.1 Å². The molecule has 5 nitrogen and oxygen atoms in total. The molecule has 1 aromatic rings. The third-order valence-electron chi connectivity index (χ3n) is 7.16. The van der Waals surface area contributed by atoms with Crippen molar-refractivity contribution in [3.63, 3.8) is 0 Å². The van der Waals surface area contributed by atoms with Gasteiger partial charge < -0.3 is 20.5 Å². The topological polar surface area (TPSA) is 70.6 Å². The van der Waals surface area contributed by atoms with E-state index in [-0.39, 0.29) is 18.1 Å². The van der Waals surface area contributed by atoms with E-state index in [0.29, 0.717) is 18.4 Å². The van der Waals surface area contributed by atoms with Crippen molar-refractivity contribution < 1.29 is 14.6 Å². The lowest BCUT2D eigenvalue weighted by molar-refractivity contribution is 0.0624. The average molecular weight is 413 g/mol. The van der Waals surface area contributed by atoms with Gasteiger partial charge in [0.2, 0.25) is 0 Å². The van der Waals surface area contributed by atoms with Crippen molar-refractivity contribution in [3.8, 4) is 0 Å². The van der Waals surface area contributed by atoms with E-state index in [2.05, 4.69) is 35.8 Å². The summed E-state index contributed by atoms with van der Waals surface area (Å²) in [5.41, 5.74) is 4.64. The van der Waals surface area contributed by atoms with Crippen LogP contribution in [0.3, 0.4) is 0 Å². The Labute approximate surface area is 180 Å². The lowest BCUT2D eigenvalue weighted by Crippen LogP contribution is -2.40. The van der Waals surface area contributed by atoms with E-state index in [9.17, 15) is 9.90 Å². The SMILES string of the molecule is C[C@@H](/C1=C\CCc2cc(C(=O)NC3CCCOC3)ccc2CN1)C1CCC(O)CC1. The number of aliphatic hydroxyl groups excluding tert-OH is 1. The van der Waals surface area contributed by atoms with Crippen LogP contribution >= 0.6 is 0 Å². The van der Waals surface area contributed by atoms with Crippen LogP contribution in [0.2, 0.25) is 0 Å². The molecule has 0 radical (unpaired) electrons. The monoisotopic (exact) mass is 412 g/mol. The van der Waals surface area contributed by atoms with Gasteiger partial charge in [0, 0.05) is 24.4 Å². The van der Waals surface area contributed by atoms with Gasteiger partial charge in [0.1, 0.15) is 0 Å². The molecule has 3 aliphatic rings. The molecule has 1 saturated heterocycles. The van der Waals surface area contributed by atoms with Crippen molar-refractivity contribution in [2.45, 2.75) is 77.0 Å². The zero-order valence-corrected chi connectivity index (χ0v) is 18.2. The van der Waals surface area contributed by atoms with E-state index in [0.717, 1.165) is 70.1 Å². The second-order valence-electron chi connectivity index (χ2n) is 9.28. The molecule has 1 amide bonds. The zero-order valence-electron chi connectivity index (χ0n) is 18.2. The van der Waals surface area contributed by atoms with Crippen molar-refractivity contribution in [3.05, 3.63) is 46.7 Å². The first-order valence-electron chi connectivity index (χ1n) is 11.7. The molecule has 1 aromatic carbocycles. The molecule has 1 saturated carbocycles. The molecule has 0 aromatic heterocycles. The van der Waals surface area contributed by atoms with Crippen LogP contribution in [-0.4, -0.2) is 36.4 Å². The Kier molecular flexibility index (Phi) is 7.11. The highest BCUT2D eigenvalue weighted by atomic mass is 16.5. The van der Waals surface area contributed by atoms with Crippen molar-refractivity contribution in [2.75, 3.05) is 13.2 Å². The van der Waals surface area contributed by atoms with E-state index in [4.69, 9.17) is 4.74 Å². The standard InChI is InChI=1S/C25H36N2O3/c1-17(18-9-11-23(28)12-10-18)24-6-2-4-19-14-20(7-8-21(19)15-26-24)25(29)27-22-5-3-13-30-16-22/h6-8,14,17-18,22-23,26,28H,2-5,9-13,15-16H2,1H3,(H,27,29)/b24-6+/t17-,18?,22?,23?/m1/s1. The number of hydrogen-bond donors (Lipinski definition) is 3. The number of benzene rings is 1. The van der Waals surface area contributed by atoms with Crippen LogP contribution in [0, 0.1) is 11.8 Å². The highest BCUT2D eigenvalue weighted by molar-refractivity contribution is 5.94. The number of allylic oxidation sites excluding steroid dienone is 2. The quantitative estimate of drug-likeness (QED) is 0.705. The summed E-state index contributed by atoms with van der Waals surface area (Å²) in [6.45, 7) is 4.55. The molecule has 164 valence electrons.